The second-order valence-corrected chi connectivity index (χ2v) is 3.25. The van der Waals surface area contributed by atoms with Crippen molar-refractivity contribution in [2.24, 2.45) is 5.11 Å². The smallest absolute Gasteiger partial charge is 0.186 e. The standard InChI is InChI=1S/C9H12N4O3/c10-12-11-4-3-8(14)9(15)7-2-1-5-13(16)6-7/h1-2,5-6,8-9,14-15H,3-4H2. The van der Waals surface area contributed by atoms with Gasteiger partial charge in [0.2, 0.25) is 0 Å². The fourth-order valence-corrected chi connectivity index (χ4v) is 1.26. The van der Waals surface area contributed by atoms with E-state index in [1.807, 2.05) is 0 Å². The van der Waals surface area contributed by atoms with Crippen LogP contribution >= 0.6 is 0 Å². The van der Waals surface area contributed by atoms with Crippen LogP contribution in [0.25, 0.3) is 10.4 Å². The number of aliphatic hydroxyl groups excluding tert-OH is 2. The molecule has 0 aromatic carbocycles. The van der Waals surface area contributed by atoms with E-state index in [2.05, 4.69) is 10.0 Å². The van der Waals surface area contributed by atoms with Crippen LogP contribution in [0.2, 0.25) is 0 Å². The van der Waals surface area contributed by atoms with Crippen molar-refractivity contribution < 1.29 is 14.9 Å². The quantitative estimate of drug-likeness (QED) is 0.248. The average Bonchev–Trinajstić information content (AvgIpc) is 2.28. The third-order valence-electron chi connectivity index (χ3n) is 2.09. The molecule has 7 nitrogen and oxygen atoms in total. The van der Waals surface area contributed by atoms with Gasteiger partial charge in [-0.2, -0.15) is 4.73 Å². The van der Waals surface area contributed by atoms with Gasteiger partial charge in [-0.25, -0.2) is 0 Å². The Morgan fingerprint density at radius 2 is 2.31 bits per heavy atom. The van der Waals surface area contributed by atoms with Gasteiger partial charge in [0.1, 0.15) is 6.10 Å². The van der Waals surface area contributed by atoms with E-state index in [-0.39, 0.29) is 13.0 Å². The molecule has 1 heterocycles. The van der Waals surface area contributed by atoms with Gasteiger partial charge >= 0.3 is 0 Å². The van der Waals surface area contributed by atoms with Gasteiger partial charge in [0.15, 0.2) is 12.4 Å². The Kier molecular flexibility index (Phi) is 4.53. The van der Waals surface area contributed by atoms with E-state index >= 15 is 0 Å². The minimum Gasteiger partial charge on any atom is -0.619 e. The zero-order chi connectivity index (χ0) is 12.0. The lowest BCUT2D eigenvalue weighted by Gasteiger charge is -2.16. The summed E-state index contributed by atoms with van der Waals surface area (Å²) in [6.45, 7) is 0.0962. The Hall–Kier alpha value is -1.82. The Balaban J connectivity index is 2.62. The van der Waals surface area contributed by atoms with Crippen LogP contribution in [0.3, 0.4) is 0 Å². The van der Waals surface area contributed by atoms with Gasteiger partial charge in [-0.1, -0.05) is 5.11 Å². The molecule has 0 radical (unpaired) electrons. The summed E-state index contributed by atoms with van der Waals surface area (Å²) in [6.07, 6.45) is 0.381. The van der Waals surface area contributed by atoms with Gasteiger partial charge in [-0.15, -0.1) is 0 Å². The summed E-state index contributed by atoms with van der Waals surface area (Å²) in [6, 6.07) is 3.02. The van der Waals surface area contributed by atoms with E-state index in [0.29, 0.717) is 10.3 Å². The highest BCUT2D eigenvalue weighted by Gasteiger charge is 2.19. The molecule has 1 rings (SSSR count). The fourth-order valence-electron chi connectivity index (χ4n) is 1.26. The van der Waals surface area contributed by atoms with Gasteiger partial charge in [0.25, 0.3) is 0 Å². The topological polar surface area (TPSA) is 116 Å². The lowest BCUT2D eigenvalue weighted by atomic mass is 10.0. The van der Waals surface area contributed by atoms with Crippen molar-refractivity contribution in [3.05, 3.63) is 45.7 Å². The van der Waals surface area contributed by atoms with E-state index in [0.717, 1.165) is 0 Å². The first-order valence-electron chi connectivity index (χ1n) is 4.71. The molecule has 0 saturated carbocycles. The maximum absolute atomic E-state index is 10.9. The number of hydrogen-bond donors (Lipinski definition) is 2. The average molecular weight is 224 g/mol. The molecule has 2 unspecified atom stereocenters. The molecule has 0 aliphatic rings. The van der Waals surface area contributed by atoms with Gasteiger partial charge < -0.3 is 15.4 Å². The molecule has 2 N–H and O–H groups in total. The van der Waals surface area contributed by atoms with Crippen LogP contribution in [0.15, 0.2) is 29.6 Å². The van der Waals surface area contributed by atoms with Crippen molar-refractivity contribution in [2.75, 3.05) is 6.54 Å². The lowest BCUT2D eigenvalue weighted by molar-refractivity contribution is -0.606. The van der Waals surface area contributed by atoms with Crippen LogP contribution in [0, 0.1) is 5.21 Å². The van der Waals surface area contributed by atoms with Crippen LogP contribution in [0.1, 0.15) is 18.1 Å². The van der Waals surface area contributed by atoms with Gasteiger partial charge in [0.05, 0.1) is 6.10 Å². The lowest BCUT2D eigenvalue weighted by Crippen LogP contribution is -2.28. The molecule has 86 valence electrons. The molecule has 16 heavy (non-hydrogen) atoms. The third-order valence-corrected chi connectivity index (χ3v) is 2.09. The Labute approximate surface area is 91.8 Å². The molecule has 0 aliphatic heterocycles. The number of hydrogen-bond acceptors (Lipinski definition) is 4. The molecular formula is C9H12N4O3. The molecule has 1 aromatic heterocycles. The van der Waals surface area contributed by atoms with Crippen molar-refractivity contribution in [3.63, 3.8) is 0 Å². The molecule has 0 spiro atoms. The number of azide groups is 1. The minimum absolute atomic E-state index is 0.0962. The minimum atomic E-state index is -1.16. The second-order valence-electron chi connectivity index (χ2n) is 3.25. The number of rotatable bonds is 5. The van der Waals surface area contributed by atoms with Gasteiger partial charge in [0, 0.05) is 23.1 Å². The molecule has 1 aromatic rings. The number of nitrogens with zero attached hydrogens (tertiary/aromatic N) is 4. The predicted molar refractivity (Wildman–Crippen MR) is 55.0 cm³/mol. The van der Waals surface area contributed by atoms with Crippen molar-refractivity contribution in [3.8, 4) is 0 Å². The van der Waals surface area contributed by atoms with Crippen LogP contribution in [-0.2, 0) is 0 Å². The first kappa shape index (κ1) is 12.3. The summed E-state index contributed by atoms with van der Waals surface area (Å²) in [7, 11) is 0. The van der Waals surface area contributed by atoms with E-state index in [1.165, 1.54) is 24.5 Å². The van der Waals surface area contributed by atoms with E-state index in [1.54, 1.807) is 0 Å². The van der Waals surface area contributed by atoms with Crippen LogP contribution in [-0.4, -0.2) is 22.9 Å². The van der Waals surface area contributed by atoms with Gasteiger partial charge in [-0.3, -0.25) is 0 Å². The van der Waals surface area contributed by atoms with E-state index in [4.69, 9.17) is 5.53 Å². The van der Waals surface area contributed by atoms with Crippen LogP contribution in [0.5, 0.6) is 0 Å². The second kappa shape index (κ2) is 5.92. The monoisotopic (exact) mass is 224 g/mol. The zero-order valence-electron chi connectivity index (χ0n) is 8.47. The normalized spacial score (nSPS) is 13.9. The summed E-state index contributed by atoms with van der Waals surface area (Å²) in [5.41, 5.74) is 8.37. The molecule has 0 aliphatic carbocycles. The van der Waals surface area contributed by atoms with Crippen molar-refractivity contribution in [1.29, 1.82) is 0 Å². The summed E-state index contributed by atoms with van der Waals surface area (Å²) >= 11 is 0. The summed E-state index contributed by atoms with van der Waals surface area (Å²) in [4.78, 5) is 2.53. The highest BCUT2D eigenvalue weighted by atomic mass is 16.5. The molecule has 0 saturated heterocycles. The number of aromatic nitrogens is 1. The van der Waals surface area contributed by atoms with E-state index < -0.39 is 12.2 Å². The first-order chi connectivity index (χ1) is 7.65. The van der Waals surface area contributed by atoms with Crippen molar-refractivity contribution in [2.45, 2.75) is 18.6 Å². The van der Waals surface area contributed by atoms with Crippen LogP contribution in [0.4, 0.5) is 0 Å². The SMILES string of the molecule is [N-]=[N+]=NCCC(O)C(O)c1ccc[n+]([O-])c1. The predicted octanol–water partition coefficient (Wildman–Crippen LogP) is 0.415. The Bertz CT molecular complexity index is 392. The fraction of sp³-hybridized carbons (Fsp3) is 0.444. The van der Waals surface area contributed by atoms with E-state index in [9.17, 15) is 15.4 Å². The highest BCUT2D eigenvalue weighted by molar-refractivity contribution is 5.10. The number of aliphatic hydroxyl groups is 2. The van der Waals surface area contributed by atoms with Crippen molar-refractivity contribution in [1.82, 2.24) is 0 Å². The zero-order valence-corrected chi connectivity index (χ0v) is 8.47. The molecule has 0 amide bonds. The molecule has 2 atom stereocenters. The molecular weight excluding hydrogens is 212 g/mol. The summed E-state index contributed by atoms with van der Waals surface area (Å²) < 4.78 is 0.540. The summed E-state index contributed by atoms with van der Waals surface area (Å²) in [5.74, 6) is 0. The van der Waals surface area contributed by atoms with Crippen molar-refractivity contribution >= 4 is 0 Å². The molecule has 7 heteroatoms. The maximum atomic E-state index is 10.9. The first-order valence-corrected chi connectivity index (χ1v) is 4.71. The largest absolute Gasteiger partial charge is 0.619 e. The summed E-state index contributed by atoms with van der Waals surface area (Å²) in [5, 5.41) is 33.4. The maximum Gasteiger partial charge on any atom is 0.186 e. The molecule has 0 bridgehead atoms. The highest BCUT2D eigenvalue weighted by Crippen LogP contribution is 2.17. The Morgan fingerprint density at radius 3 is 2.94 bits per heavy atom. The van der Waals surface area contributed by atoms with Gasteiger partial charge in [-0.05, 0) is 18.0 Å². The molecule has 0 fully saturated rings. The third kappa shape index (κ3) is 3.39. The number of pyridine rings is 1. The van der Waals surface area contributed by atoms with Crippen LogP contribution < -0.4 is 4.73 Å². The Morgan fingerprint density at radius 1 is 1.56 bits per heavy atom.